The highest BCUT2D eigenvalue weighted by molar-refractivity contribution is 7.99. The molecular formula is C22H26N2O3S2. The van der Waals surface area contributed by atoms with E-state index in [4.69, 9.17) is 0 Å². The van der Waals surface area contributed by atoms with Gasteiger partial charge in [0.15, 0.2) is 5.78 Å². The average Bonchev–Trinajstić information content (AvgIpc) is 3.06. The first-order valence-electron chi connectivity index (χ1n) is 9.73. The van der Waals surface area contributed by atoms with Crippen LogP contribution in [-0.4, -0.2) is 47.1 Å². The number of Topliss-reactive ketones (excluding diaryl/α,β-unsaturated/α-hetero) is 1. The van der Waals surface area contributed by atoms with Crippen LogP contribution >= 0.6 is 23.1 Å². The summed E-state index contributed by atoms with van der Waals surface area (Å²) in [5, 5.41) is 2.87. The summed E-state index contributed by atoms with van der Waals surface area (Å²) in [6, 6.07) is 7.24. The SMILES string of the molecule is Cc1cc(C(=O)CCC(=O)Nc2ccc(C(=O)N3CCSCC3)cc2C)c(C)s1. The lowest BCUT2D eigenvalue weighted by Crippen LogP contribution is -2.37. The van der Waals surface area contributed by atoms with Gasteiger partial charge < -0.3 is 10.2 Å². The third-order valence-corrected chi connectivity index (χ3v) is 6.87. The minimum absolute atomic E-state index is 0.000591. The number of ketones is 1. The summed E-state index contributed by atoms with van der Waals surface area (Å²) >= 11 is 3.46. The van der Waals surface area contributed by atoms with E-state index < -0.39 is 0 Å². The van der Waals surface area contributed by atoms with E-state index in [2.05, 4.69) is 5.32 Å². The predicted molar refractivity (Wildman–Crippen MR) is 120 cm³/mol. The van der Waals surface area contributed by atoms with Crippen molar-refractivity contribution in [2.45, 2.75) is 33.6 Å². The Kier molecular flexibility index (Phi) is 7.14. The van der Waals surface area contributed by atoms with Gasteiger partial charge in [-0.1, -0.05) is 0 Å². The number of aryl methyl sites for hydroxylation is 3. The molecule has 0 atom stereocenters. The molecule has 0 aliphatic carbocycles. The van der Waals surface area contributed by atoms with Crippen LogP contribution in [0.2, 0.25) is 0 Å². The number of nitrogens with zero attached hydrogens (tertiary/aromatic N) is 1. The Balaban J connectivity index is 1.56. The number of nitrogens with one attached hydrogen (secondary N) is 1. The number of thioether (sulfide) groups is 1. The minimum atomic E-state index is -0.196. The van der Waals surface area contributed by atoms with Crippen LogP contribution in [0.15, 0.2) is 24.3 Å². The van der Waals surface area contributed by atoms with E-state index in [1.54, 1.807) is 23.5 Å². The summed E-state index contributed by atoms with van der Waals surface area (Å²) in [6.07, 6.45) is 0.324. The third-order valence-electron chi connectivity index (χ3n) is 4.97. The summed E-state index contributed by atoms with van der Waals surface area (Å²) in [6.45, 7) is 7.33. The van der Waals surface area contributed by atoms with E-state index in [0.29, 0.717) is 11.3 Å². The third kappa shape index (κ3) is 5.48. The summed E-state index contributed by atoms with van der Waals surface area (Å²) in [7, 11) is 0. The van der Waals surface area contributed by atoms with Crippen molar-refractivity contribution in [2.75, 3.05) is 29.9 Å². The number of hydrogen-bond acceptors (Lipinski definition) is 5. The van der Waals surface area contributed by atoms with Crippen molar-refractivity contribution in [3.63, 3.8) is 0 Å². The Hall–Kier alpha value is -2.12. The van der Waals surface area contributed by atoms with Gasteiger partial charge in [-0.15, -0.1) is 11.3 Å². The highest BCUT2D eigenvalue weighted by atomic mass is 32.2. The van der Waals surface area contributed by atoms with E-state index in [-0.39, 0.29) is 30.4 Å². The largest absolute Gasteiger partial charge is 0.337 e. The number of thiophene rings is 1. The molecule has 0 radical (unpaired) electrons. The fraction of sp³-hybridized carbons (Fsp3) is 0.409. The molecule has 5 nitrogen and oxygen atoms in total. The smallest absolute Gasteiger partial charge is 0.253 e. The Labute approximate surface area is 179 Å². The second kappa shape index (κ2) is 9.59. The van der Waals surface area contributed by atoms with Crippen LogP contribution in [0, 0.1) is 20.8 Å². The molecule has 7 heteroatoms. The van der Waals surface area contributed by atoms with Gasteiger partial charge in [0.2, 0.25) is 5.91 Å². The monoisotopic (exact) mass is 430 g/mol. The van der Waals surface area contributed by atoms with Crippen LogP contribution in [0.5, 0.6) is 0 Å². The fourth-order valence-electron chi connectivity index (χ4n) is 3.37. The molecule has 1 aliphatic rings. The van der Waals surface area contributed by atoms with E-state index in [0.717, 1.165) is 45.5 Å². The van der Waals surface area contributed by atoms with Crippen LogP contribution in [0.4, 0.5) is 5.69 Å². The van der Waals surface area contributed by atoms with Crippen LogP contribution < -0.4 is 5.32 Å². The van der Waals surface area contributed by atoms with Crippen molar-refractivity contribution >= 4 is 46.4 Å². The molecule has 3 rings (SSSR count). The van der Waals surface area contributed by atoms with Crippen LogP contribution in [-0.2, 0) is 4.79 Å². The zero-order chi connectivity index (χ0) is 21.0. The van der Waals surface area contributed by atoms with Gasteiger partial charge in [-0.2, -0.15) is 11.8 Å². The van der Waals surface area contributed by atoms with E-state index >= 15 is 0 Å². The Bertz CT molecular complexity index is 930. The first-order valence-corrected chi connectivity index (χ1v) is 11.7. The number of carbonyl (C=O) groups is 3. The number of hydrogen-bond donors (Lipinski definition) is 1. The molecule has 2 amide bonds. The van der Waals surface area contributed by atoms with E-state index in [1.165, 1.54) is 0 Å². The van der Waals surface area contributed by atoms with Crippen molar-refractivity contribution in [3.05, 3.63) is 50.7 Å². The minimum Gasteiger partial charge on any atom is -0.337 e. The van der Waals surface area contributed by atoms with Crippen LogP contribution in [0.3, 0.4) is 0 Å². The normalized spacial score (nSPS) is 14.0. The quantitative estimate of drug-likeness (QED) is 0.687. The zero-order valence-electron chi connectivity index (χ0n) is 17.0. The van der Waals surface area contributed by atoms with Crippen molar-refractivity contribution in [1.82, 2.24) is 4.90 Å². The van der Waals surface area contributed by atoms with Gasteiger partial charge in [0.25, 0.3) is 5.91 Å². The molecule has 1 fully saturated rings. The molecule has 0 spiro atoms. The van der Waals surface area contributed by atoms with Crippen molar-refractivity contribution in [3.8, 4) is 0 Å². The maximum absolute atomic E-state index is 12.6. The van der Waals surface area contributed by atoms with Crippen molar-refractivity contribution < 1.29 is 14.4 Å². The predicted octanol–water partition coefficient (Wildman–Crippen LogP) is 4.46. The summed E-state index contributed by atoms with van der Waals surface area (Å²) in [5.41, 5.74) is 2.88. The van der Waals surface area contributed by atoms with Gasteiger partial charge in [0.05, 0.1) is 0 Å². The Morgan fingerprint density at radius 3 is 2.38 bits per heavy atom. The first-order chi connectivity index (χ1) is 13.8. The number of anilines is 1. The number of carbonyl (C=O) groups excluding carboxylic acids is 3. The van der Waals surface area contributed by atoms with Gasteiger partial charge in [-0.05, 0) is 50.6 Å². The lowest BCUT2D eigenvalue weighted by Gasteiger charge is -2.26. The number of rotatable bonds is 6. The van der Waals surface area contributed by atoms with Gasteiger partial charge in [0, 0.05) is 64.0 Å². The zero-order valence-corrected chi connectivity index (χ0v) is 18.7. The number of amides is 2. The van der Waals surface area contributed by atoms with Gasteiger partial charge in [-0.3, -0.25) is 14.4 Å². The van der Waals surface area contributed by atoms with Crippen molar-refractivity contribution in [2.24, 2.45) is 0 Å². The maximum Gasteiger partial charge on any atom is 0.253 e. The fourth-order valence-corrected chi connectivity index (χ4v) is 5.21. The summed E-state index contributed by atoms with van der Waals surface area (Å²) in [4.78, 5) is 41.3. The highest BCUT2D eigenvalue weighted by Crippen LogP contribution is 2.23. The lowest BCUT2D eigenvalue weighted by molar-refractivity contribution is -0.116. The Morgan fingerprint density at radius 1 is 1.03 bits per heavy atom. The molecule has 1 N–H and O–H groups in total. The molecule has 0 saturated carbocycles. The molecule has 2 aromatic rings. The molecule has 0 unspecified atom stereocenters. The van der Waals surface area contributed by atoms with Crippen molar-refractivity contribution in [1.29, 1.82) is 0 Å². The van der Waals surface area contributed by atoms with Crippen LogP contribution in [0.1, 0.15) is 48.9 Å². The van der Waals surface area contributed by atoms with Gasteiger partial charge in [-0.25, -0.2) is 0 Å². The lowest BCUT2D eigenvalue weighted by atomic mass is 10.1. The second-order valence-corrected chi connectivity index (χ2v) is 9.92. The van der Waals surface area contributed by atoms with E-state index in [9.17, 15) is 14.4 Å². The Morgan fingerprint density at radius 2 is 1.76 bits per heavy atom. The highest BCUT2D eigenvalue weighted by Gasteiger charge is 2.19. The molecule has 2 heterocycles. The topological polar surface area (TPSA) is 66.5 Å². The summed E-state index contributed by atoms with van der Waals surface area (Å²) in [5.74, 6) is 1.79. The molecule has 154 valence electrons. The standard InChI is InChI=1S/C22H26N2O3S2/c1-14-12-17(22(27)24-8-10-28-11-9-24)4-5-19(14)23-21(26)7-6-20(25)18-13-15(2)29-16(18)3/h4-5,12-13H,6-11H2,1-3H3,(H,23,26). The first kappa shape index (κ1) is 21.6. The molecule has 1 aromatic carbocycles. The number of benzene rings is 1. The molecule has 1 aliphatic heterocycles. The molecule has 29 heavy (non-hydrogen) atoms. The van der Waals surface area contributed by atoms with Crippen LogP contribution in [0.25, 0.3) is 0 Å². The maximum atomic E-state index is 12.6. The average molecular weight is 431 g/mol. The molecule has 0 bridgehead atoms. The van der Waals surface area contributed by atoms with Gasteiger partial charge in [0.1, 0.15) is 0 Å². The summed E-state index contributed by atoms with van der Waals surface area (Å²) < 4.78 is 0. The molecule has 1 saturated heterocycles. The van der Waals surface area contributed by atoms with Gasteiger partial charge >= 0.3 is 0 Å². The molecule has 1 aromatic heterocycles. The second-order valence-electron chi connectivity index (χ2n) is 7.23. The molecular weight excluding hydrogens is 404 g/mol. The van der Waals surface area contributed by atoms with E-state index in [1.807, 2.05) is 49.6 Å².